The van der Waals surface area contributed by atoms with Crippen molar-refractivity contribution >= 4 is 27.5 Å². The summed E-state index contributed by atoms with van der Waals surface area (Å²) >= 11 is 0. The maximum Gasteiger partial charge on any atom is 0.162 e. The summed E-state index contributed by atoms with van der Waals surface area (Å²) in [5.74, 6) is 4.09. The molecule has 4 rings (SSSR count). The maximum atomic E-state index is 11.8. The van der Waals surface area contributed by atoms with Crippen molar-refractivity contribution in [2.75, 3.05) is 43.7 Å². The number of fused-ring (bicyclic) bond motifs is 1. The molecule has 0 saturated carbocycles. The Morgan fingerprint density at radius 3 is 2.25 bits per heavy atom. The van der Waals surface area contributed by atoms with Crippen molar-refractivity contribution in [2.45, 2.75) is 6.92 Å². The Morgan fingerprint density at radius 1 is 0.964 bits per heavy atom. The van der Waals surface area contributed by atoms with E-state index in [0.29, 0.717) is 41.9 Å². The third-order valence-corrected chi connectivity index (χ3v) is 6.24. The molecule has 1 saturated heterocycles. The van der Waals surface area contributed by atoms with Gasteiger partial charge in [0.15, 0.2) is 17.3 Å². The van der Waals surface area contributed by atoms with Crippen LogP contribution in [0.2, 0.25) is 0 Å². The molecule has 0 spiro atoms. The highest BCUT2D eigenvalue weighted by Crippen LogP contribution is 2.36. The van der Waals surface area contributed by atoms with E-state index in [-0.39, 0.29) is 0 Å². The number of hydrogen-bond acceptors (Lipinski definition) is 6. The monoisotopic (exact) mass is 397 g/mol. The summed E-state index contributed by atoms with van der Waals surface area (Å²) in [5.41, 5.74) is 2.95. The predicted octanol–water partition coefficient (Wildman–Crippen LogP) is 3.19. The van der Waals surface area contributed by atoms with Crippen molar-refractivity contribution in [3.05, 3.63) is 42.0 Å². The fourth-order valence-electron chi connectivity index (χ4n) is 3.36. The summed E-state index contributed by atoms with van der Waals surface area (Å²) in [6, 6.07) is 12.0. The van der Waals surface area contributed by atoms with Crippen molar-refractivity contribution in [1.82, 2.24) is 9.97 Å². The molecule has 0 amide bonds. The summed E-state index contributed by atoms with van der Waals surface area (Å²) in [4.78, 5) is 11.9. The third kappa shape index (κ3) is 3.54. The van der Waals surface area contributed by atoms with Crippen LogP contribution in [-0.4, -0.2) is 53.0 Å². The molecule has 2 heterocycles. The van der Waals surface area contributed by atoms with Crippen LogP contribution in [0, 0.1) is 6.92 Å². The second kappa shape index (κ2) is 7.75. The minimum absolute atomic E-state index is 0.634. The van der Waals surface area contributed by atoms with Gasteiger partial charge in [-0.25, -0.2) is 9.97 Å². The fraction of sp³-hybridized carbons (Fsp3) is 0.333. The van der Waals surface area contributed by atoms with Crippen LogP contribution in [0.4, 0.5) is 5.82 Å². The summed E-state index contributed by atoms with van der Waals surface area (Å²) in [6.07, 6.45) is 0. The van der Waals surface area contributed by atoms with E-state index in [2.05, 4.69) is 24.0 Å². The first-order valence-corrected chi connectivity index (χ1v) is 10.7. The van der Waals surface area contributed by atoms with Gasteiger partial charge in [0.1, 0.15) is 5.82 Å². The summed E-state index contributed by atoms with van der Waals surface area (Å²) in [7, 11) is 2.48. The molecule has 1 aliphatic heterocycles. The van der Waals surface area contributed by atoms with Crippen molar-refractivity contribution in [2.24, 2.45) is 0 Å². The predicted molar refractivity (Wildman–Crippen MR) is 113 cm³/mol. The van der Waals surface area contributed by atoms with Gasteiger partial charge in [0.25, 0.3) is 0 Å². The van der Waals surface area contributed by atoms with E-state index in [1.54, 1.807) is 14.2 Å². The van der Waals surface area contributed by atoms with Gasteiger partial charge in [0.2, 0.25) is 0 Å². The standard InChI is InChI=1S/C21H23N3O3S/c1-14-4-6-15(7-5-14)20-22-17-13-19(27-3)18(26-2)12-16(17)21(23-20)24-8-10-28(25)11-9-24/h4-7,12-13H,8-11H2,1-3H3. The highest BCUT2D eigenvalue weighted by molar-refractivity contribution is 7.85. The molecular formula is C21H23N3O3S. The van der Waals surface area contributed by atoms with E-state index in [4.69, 9.17) is 19.4 Å². The van der Waals surface area contributed by atoms with Crippen LogP contribution in [0.5, 0.6) is 11.5 Å². The van der Waals surface area contributed by atoms with E-state index in [9.17, 15) is 4.21 Å². The Morgan fingerprint density at radius 2 is 1.61 bits per heavy atom. The molecule has 7 heteroatoms. The molecule has 146 valence electrons. The quantitative estimate of drug-likeness (QED) is 0.674. The lowest BCUT2D eigenvalue weighted by Gasteiger charge is -2.28. The normalized spacial score (nSPS) is 15.0. The zero-order valence-corrected chi connectivity index (χ0v) is 17.1. The zero-order chi connectivity index (χ0) is 19.7. The summed E-state index contributed by atoms with van der Waals surface area (Å²) in [6.45, 7) is 3.47. The molecule has 3 aromatic rings. The smallest absolute Gasteiger partial charge is 0.162 e. The SMILES string of the molecule is COc1cc2nc(-c3ccc(C)cc3)nc(N3CCS(=O)CC3)c2cc1OC. The number of ether oxygens (including phenoxy) is 2. The number of benzene rings is 2. The lowest BCUT2D eigenvalue weighted by molar-refractivity contribution is 0.356. The van der Waals surface area contributed by atoms with Crippen LogP contribution in [0.15, 0.2) is 36.4 Å². The molecule has 0 unspecified atom stereocenters. The molecular weight excluding hydrogens is 374 g/mol. The number of rotatable bonds is 4. The van der Waals surface area contributed by atoms with E-state index in [1.807, 2.05) is 24.3 Å². The fourth-order valence-corrected chi connectivity index (χ4v) is 4.41. The molecule has 0 aliphatic carbocycles. The average molecular weight is 398 g/mol. The Kier molecular flexibility index (Phi) is 5.17. The first kappa shape index (κ1) is 18.7. The van der Waals surface area contributed by atoms with Crippen molar-refractivity contribution in [3.63, 3.8) is 0 Å². The molecule has 0 N–H and O–H groups in total. The number of methoxy groups -OCH3 is 2. The van der Waals surface area contributed by atoms with Gasteiger partial charge in [-0.3, -0.25) is 4.21 Å². The number of anilines is 1. The molecule has 1 fully saturated rings. The van der Waals surface area contributed by atoms with Crippen LogP contribution in [0.3, 0.4) is 0 Å². The van der Waals surface area contributed by atoms with Gasteiger partial charge >= 0.3 is 0 Å². The lowest BCUT2D eigenvalue weighted by Crippen LogP contribution is -2.38. The molecule has 0 radical (unpaired) electrons. The highest BCUT2D eigenvalue weighted by Gasteiger charge is 2.22. The van der Waals surface area contributed by atoms with Gasteiger partial charge in [-0.05, 0) is 13.0 Å². The van der Waals surface area contributed by atoms with E-state index in [0.717, 1.165) is 22.3 Å². The first-order valence-electron chi connectivity index (χ1n) is 9.20. The molecule has 1 aliphatic rings. The second-order valence-corrected chi connectivity index (χ2v) is 8.49. The maximum absolute atomic E-state index is 11.8. The van der Waals surface area contributed by atoms with Crippen LogP contribution >= 0.6 is 0 Å². The topological polar surface area (TPSA) is 64.6 Å². The third-order valence-electron chi connectivity index (χ3n) is 4.97. The second-order valence-electron chi connectivity index (χ2n) is 6.80. The summed E-state index contributed by atoms with van der Waals surface area (Å²) < 4.78 is 22.8. The van der Waals surface area contributed by atoms with Crippen molar-refractivity contribution < 1.29 is 13.7 Å². The molecule has 0 atom stereocenters. The minimum Gasteiger partial charge on any atom is -0.493 e. The van der Waals surface area contributed by atoms with Gasteiger partial charge in [-0.15, -0.1) is 0 Å². The van der Waals surface area contributed by atoms with Gasteiger partial charge in [-0.2, -0.15) is 0 Å². The molecule has 2 aromatic carbocycles. The Balaban J connectivity index is 1.91. The van der Waals surface area contributed by atoms with Gasteiger partial charge in [0.05, 0.1) is 19.7 Å². The van der Waals surface area contributed by atoms with Crippen LogP contribution in [0.25, 0.3) is 22.3 Å². The van der Waals surface area contributed by atoms with Crippen molar-refractivity contribution in [1.29, 1.82) is 0 Å². The Labute approximate surface area is 167 Å². The number of hydrogen-bond donors (Lipinski definition) is 0. The molecule has 6 nitrogen and oxygen atoms in total. The molecule has 0 bridgehead atoms. The summed E-state index contributed by atoms with van der Waals surface area (Å²) in [5, 5.41) is 0.904. The molecule has 1 aromatic heterocycles. The minimum atomic E-state index is -0.753. The average Bonchev–Trinajstić information content (AvgIpc) is 2.73. The number of nitrogens with zero attached hydrogens (tertiary/aromatic N) is 3. The largest absolute Gasteiger partial charge is 0.493 e. The number of aromatic nitrogens is 2. The van der Waals surface area contributed by atoms with Crippen molar-refractivity contribution in [3.8, 4) is 22.9 Å². The number of aryl methyl sites for hydroxylation is 1. The van der Waals surface area contributed by atoms with Crippen LogP contribution < -0.4 is 14.4 Å². The van der Waals surface area contributed by atoms with Gasteiger partial charge in [0, 0.05) is 52.4 Å². The highest BCUT2D eigenvalue weighted by atomic mass is 32.2. The lowest BCUT2D eigenvalue weighted by atomic mass is 10.1. The Bertz CT molecular complexity index is 1030. The first-order chi connectivity index (χ1) is 13.6. The van der Waals surface area contributed by atoms with Crippen LogP contribution in [0.1, 0.15) is 5.56 Å². The van der Waals surface area contributed by atoms with E-state index >= 15 is 0 Å². The molecule has 28 heavy (non-hydrogen) atoms. The van der Waals surface area contributed by atoms with Gasteiger partial charge in [-0.1, -0.05) is 29.8 Å². The Hall–Kier alpha value is -2.67. The van der Waals surface area contributed by atoms with E-state index in [1.165, 1.54) is 5.56 Å². The zero-order valence-electron chi connectivity index (χ0n) is 16.3. The van der Waals surface area contributed by atoms with E-state index < -0.39 is 10.8 Å². The van der Waals surface area contributed by atoms with Crippen LogP contribution in [-0.2, 0) is 10.8 Å². The van der Waals surface area contributed by atoms with Gasteiger partial charge < -0.3 is 14.4 Å².